The number of pyridine rings is 1. The van der Waals surface area contributed by atoms with Gasteiger partial charge in [0.05, 0.1) is 27.6 Å². The van der Waals surface area contributed by atoms with Crippen molar-refractivity contribution in [2.45, 2.75) is 45.4 Å². The summed E-state index contributed by atoms with van der Waals surface area (Å²) in [5, 5.41) is 5.06. The normalized spacial score (nSPS) is 17.7. The molecular weight excluding hydrogens is 633 g/mol. The topological polar surface area (TPSA) is 101 Å². The molecular formula is C36H36N4O5S2. The van der Waals surface area contributed by atoms with Gasteiger partial charge in [0, 0.05) is 55.2 Å². The summed E-state index contributed by atoms with van der Waals surface area (Å²) in [5.74, 6) is 0.185. The Balaban J connectivity index is 0.988. The number of esters is 1. The molecule has 0 unspecified atom stereocenters. The molecule has 3 aromatic heterocycles. The fourth-order valence-electron chi connectivity index (χ4n) is 7.31. The molecule has 0 atom stereocenters. The number of hydrogen-bond donors (Lipinski definition) is 1. The first-order chi connectivity index (χ1) is 22.9. The van der Waals surface area contributed by atoms with E-state index in [1.54, 1.807) is 42.5 Å². The third kappa shape index (κ3) is 5.54. The number of carbonyl (C=O) groups is 3. The van der Waals surface area contributed by atoms with Crippen LogP contribution in [-0.4, -0.2) is 62.2 Å². The summed E-state index contributed by atoms with van der Waals surface area (Å²) in [5.41, 5.74) is 6.23. The highest BCUT2D eigenvalue weighted by atomic mass is 32.1. The Morgan fingerprint density at radius 1 is 1.00 bits per heavy atom. The van der Waals surface area contributed by atoms with Gasteiger partial charge in [0.25, 0.3) is 11.8 Å². The number of anilines is 3. The number of nitrogens with zero attached hydrogens (tertiary/aromatic N) is 3. The highest BCUT2D eigenvalue weighted by Gasteiger charge is 2.45. The Labute approximate surface area is 281 Å². The molecule has 0 bridgehead atoms. The predicted molar refractivity (Wildman–Crippen MR) is 184 cm³/mol. The number of hydrogen-bond acceptors (Lipinski definition) is 9. The van der Waals surface area contributed by atoms with Gasteiger partial charge in [0.2, 0.25) is 0 Å². The first kappa shape index (κ1) is 30.3. The van der Waals surface area contributed by atoms with Gasteiger partial charge in [-0.05, 0) is 104 Å². The molecule has 8 rings (SSSR count). The van der Waals surface area contributed by atoms with Gasteiger partial charge >= 0.3 is 5.97 Å². The average molecular weight is 669 g/mol. The van der Waals surface area contributed by atoms with E-state index in [0.717, 1.165) is 96.5 Å². The van der Waals surface area contributed by atoms with Gasteiger partial charge in [0.15, 0.2) is 0 Å². The Morgan fingerprint density at radius 3 is 2.60 bits per heavy atom. The van der Waals surface area contributed by atoms with Gasteiger partial charge in [-0.2, -0.15) is 0 Å². The first-order valence-corrected chi connectivity index (χ1v) is 18.1. The second kappa shape index (κ2) is 12.2. The molecule has 1 aromatic carbocycles. The van der Waals surface area contributed by atoms with Gasteiger partial charge < -0.3 is 24.6 Å². The molecule has 4 aromatic rings. The van der Waals surface area contributed by atoms with Crippen molar-refractivity contribution in [1.29, 1.82) is 0 Å². The standard InChI is InChI=1S/C36H36N4O5S2/c1-2-45-35(43)29-19-24-10-14-40(28-11-17-46-31(28)30(24)47-29)34(42)22-6-8-25(9-7-22)37-33(41)26-18-23-4-3-5-27(23)38-32(26)39-20-36(21-39)12-15-44-16-13-36/h6-9,11,17-19H,2-5,10,12-16,20-21H2,1H3,(H,37,41). The van der Waals surface area contributed by atoms with Crippen molar-refractivity contribution < 1.29 is 23.9 Å². The third-order valence-corrected chi connectivity index (χ3v) is 12.1. The second-order valence-electron chi connectivity index (χ2n) is 12.8. The maximum Gasteiger partial charge on any atom is 0.348 e. The molecule has 47 heavy (non-hydrogen) atoms. The van der Waals surface area contributed by atoms with Crippen LogP contribution < -0.4 is 15.1 Å². The highest BCUT2D eigenvalue weighted by Crippen LogP contribution is 2.46. The predicted octanol–water partition coefficient (Wildman–Crippen LogP) is 6.61. The number of rotatable bonds is 6. The molecule has 6 heterocycles. The van der Waals surface area contributed by atoms with E-state index in [1.165, 1.54) is 11.3 Å². The van der Waals surface area contributed by atoms with Gasteiger partial charge in [-0.15, -0.1) is 22.7 Å². The lowest BCUT2D eigenvalue weighted by Gasteiger charge is -2.53. The molecule has 2 amide bonds. The van der Waals surface area contributed by atoms with Gasteiger partial charge in [-0.1, -0.05) is 0 Å². The Kier molecular flexibility index (Phi) is 7.85. The number of fused-ring (bicyclic) bond motifs is 4. The number of amides is 2. The van der Waals surface area contributed by atoms with Gasteiger partial charge in [-0.25, -0.2) is 9.78 Å². The smallest absolute Gasteiger partial charge is 0.348 e. The molecule has 1 N–H and O–H groups in total. The summed E-state index contributed by atoms with van der Waals surface area (Å²) < 4.78 is 10.8. The lowest BCUT2D eigenvalue weighted by molar-refractivity contribution is -0.000522. The zero-order valence-electron chi connectivity index (χ0n) is 26.3. The van der Waals surface area contributed by atoms with E-state index >= 15 is 0 Å². The summed E-state index contributed by atoms with van der Waals surface area (Å²) >= 11 is 2.99. The minimum atomic E-state index is -0.309. The van der Waals surface area contributed by atoms with E-state index in [4.69, 9.17) is 14.5 Å². The minimum absolute atomic E-state index is 0.103. The van der Waals surface area contributed by atoms with Crippen molar-refractivity contribution in [3.05, 3.63) is 80.7 Å². The SMILES string of the molecule is CCOC(=O)c1cc2c(s1)-c1sccc1N(C(=O)c1ccc(NC(=O)c3cc4c(nc3N3CC5(CCOCC5)C3)CCC4)cc1)CC2. The Hall–Kier alpha value is -4.06. The summed E-state index contributed by atoms with van der Waals surface area (Å²) in [6.45, 7) is 6.04. The summed E-state index contributed by atoms with van der Waals surface area (Å²) in [6, 6.07) is 13.0. The van der Waals surface area contributed by atoms with Crippen LogP contribution in [0.2, 0.25) is 0 Å². The third-order valence-electron chi connectivity index (χ3n) is 9.85. The molecule has 2 fully saturated rings. The Bertz CT molecular complexity index is 1870. The molecule has 4 aliphatic rings. The van der Waals surface area contributed by atoms with Crippen LogP contribution in [-0.2, 0) is 28.7 Å². The Morgan fingerprint density at radius 2 is 1.81 bits per heavy atom. The van der Waals surface area contributed by atoms with Crippen molar-refractivity contribution in [3.63, 3.8) is 0 Å². The second-order valence-corrected chi connectivity index (χ2v) is 14.8. The summed E-state index contributed by atoms with van der Waals surface area (Å²) in [4.78, 5) is 51.7. The minimum Gasteiger partial charge on any atom is -0.462 e. The van der Waals surface area contributed by atoms with Crippen LogP contribution in [0.1, 0.15) is 73.4 Å². The van der Waals surface area contributed by atoms with Crippen molar-refractivity contribution in [3.8, 4) is 9.75 Å². The van der Waals surface area contributed by atoms with Crippen LogP contribution in [0.4, 0.5) is 17.2 Å². The fourth-order valence-corrected chi connectivity index (χ4v) is 9.50. The zero-order chi connectivity index (χ0) is 32.1. The number of thiophene rings is 2. The maximum atomic E-state index is 13.8. The van der Waals surface area contributed by atoms with Crippen LogP contribution in [0.15, 0.2) is 47.8 Å². The lowest BCUT2D eigenvalue weighted by Crippen LogP contribution is -2.59. The zero-order valence-corrected chi connectivity index (χ0v) is 27.9. The number of aromatic nitrogens is 1. The highest BCUT2D eigenvalue weighted by molar-refractivity contribution is 7.23. The van der Waals surface area contributed by atoms with E-state index in [0.29, 0.717) is 41.3 Å². The van der Waals surface area contributed by atoms with Crippen molar-refractivity contribution in [2.24, 2.45) is 5.41 Å². The maximum absolute atomic E-state index is 13.8. The molecule has 242 valence electrons. The van der Waals surface area contributed by atoms with Crippen molar-refractivity contribution in [2.75, 3.05) is 54.6 Å². The number of benzene rings is 1. The fraction of sp³-hybridized carbons (Fsp3) is 0.389. The molecule has 3 aliphatic heterocycles. The van der Waals surface area contributed by atoms with E-state index in [9.17, 15) is 14.4 Å². The number of nitrogens with one attached hydrogen (secondary N) is 1. The van der Waals surface area contributed by atoms with Crippen LogP contribution in [0.5, 0.6) is 0 Å². The average Bonchev–Trinajstić information content (AvgIpc) is 3.82. The molecule has 11 heteroatoms. The molecule has 2 saturated heterocycles. The summed E-state index contributed by atoms with van der Waals surface area (Å²) in [7, 11) is 0. The van der Waals surface area contributed by atoms with E-state index in [-0.39, 0.29) is 23.2 Å². The lowest BCUT2D eigenvalue weighted by atomic mass is 9.73. The summed E-state index contributed by atoms with van der Waals surface area (Å²) in [6.07, 6.45) is 5.71. The molecule has 0 saturated carbocycles. The molecule has 0 radical (unpaired) electrons. The number of carbonyl (C=O) groups excluding carboxylic acids is 3. The first-order valence-electron chi connectivity index (χ1n) is 16.4. The number of ether oxygens (including phenoxy) is 2. The molecule has 9 nitrogen and oxygen atoms in total. The monoisotopic (exact) mass is 668 g/mol. The van der Waals surface area contributed by atoms with Gasteiger partial charge in [0.1, 0.15) is 10.7 Å². The number of aryl methyl sites for hydroxylation is 2. The molecule has 1 aliphatic carbocycles. The van der Waals surface area contributed by atoms with E-state index in [1.807, 2.05) is 28.5 Å². The van der Waals surface area contributed by atoms with Gasteiger partial charge in [-0.3, -0.25) is 9.59 Å². The molecule has 1 spiro atoms. The largest absolute Gasteiger partial charge is 0.462 e. The quantitative estimate of drug-likeness (QED) is 0.231. The van der Waals surface area contributed by atoms with E-state index in [2.05, 4.69) is 10.2 Å². The van der Waals surface area contributed by atoms with Crippen molar-refractivity contribution in [1.82, 2.24) is 4.98 Å². The van der Waals surface area contributed by atoms with Crippen molar-refractivity contribution >= 4 is 57.6 Å². The van der Waals surface area contributed by atoms with E-state index < -0.39 is 0 Å². The van der Waals surface area contributed by atoms with Crippen LogP contribution in [0.25, 0.3) is 9.75 Å². The van der Waals surface area contributed by atoms with Crippen LogP contribution in [0, 0.1) is 5.41 Å². The van der Waals surface area contributed by atoms with Crippen LogP contribution >= 0.6 is 22.7 Å². The van der Waals surface area contributed by atoms with Crippen LogP contribution in [0.3, 0.4) is 0 Å².